The average Bonchev–Trinajstić information content (AvgIpc) is 2.56. The molecule has 2 aromatic carbocycles. The number of hydrogen-bond acceptors (Lipinski definition) is 5. The summed E-state index contributed by atoms with van der Waals surface area (Å²) >= 11 is 0. The van der Waals surface area contributed by atoms with E-state index in [4.69, 9.17) is 5.26 Å². The fraction of sp³-hybridized carbons (Fsp3) is 0.0625. The molecule has 0 saturated carbocycles. The maximum atomic E-state index is 11.7. The number of rotatable bonds is 5. The molecule has 0 aliphatic heterocycles. The van der Waals surface area contributed by atoms with Crippen LogP contribution >= 0.6 is 0 Å². The predicted molar refractivity (Wildman–Crippen MR) is 83.7 cm³/mol. The van der Waals surface area contributed by atoms with Gasteiger partial charge in [0.25, 0.3) is 5.69 Å². The Kier molecular flexibility index (Phi) is 5.15. The van der Waals surface area contributed by atoms with Crippen molar-refractivity contribution in [2.24, 2.45) is 5.10 Å². The summed E-state index contributed by atoms with van der Waals surface area (Å²) < 4.78 is 0. The monoisotopic (exact) mass is 308 g/mol. The zero-order valence-corrected chi connectivity index (χ0v) is 12.0. The van der Waals surface area contributed by atoms with E-state index < -0.39 is 4.92 Å². The molecule has 114 valence electrons. The van der Waals surface area contributed by atoms with Gasteiger partial charge in [0.05, 0.1) is 29.2 Å². The van der Waals surface area contributed by atoms with Gasteiger partial charge in [-0.3, -0.25) is 14.9 Å². The first kappa shape index (κ1) is 15.9. The quantitative estimate of drug-likeness (QED) is 0.518. The Morgan fingerprint density at radius 2 is 1.87 bits per heavy atom. The first-order valence-corrected chi connectivity index (χ1v) is 6.64. The van der Waals surface area contributed by atoms with E-state index in [0.717, 1.165) is 5.56 Å². The number of benzene rings is 2. The fourth-order valence-corrected chi connectivity index (χ4v) is 1.78. The highest BCUT2D eigenvalue weighted by Crippen LogP contribution is 2.12. The lowest BCUT2D eigenvalue weighted by molar-refractivity contribution is -0.384. The smallest absolute Gasteiger partial charge is 0.269 e. The van der Waals surface area contributed by atoms with E-state index in [9.17, 15) is 14.9 Å². The largest absolute Gasteiger partial charge is 0.273 e. The molecule has 0 aliphatic carbocycles. The number of nitrogens with one attached hydrogen (secondary N) is 1. The first-order chi connectivity index (χ1) is 11.1. The summed E-state index contributed by atoms with van der Waals surface area (Å²) in [4.78, 5) is 21.8. The van der Waals surface area contributed by atoms with Gasteiger partial charge in [-0.05, 0) is 23.3 Å². The van der Waals surface area contributed by atoms with Gasteiger partial charge in [-0.1, -0.05) is 24.3 Å². The molecule has 7 heteroatoms. The molecule has 1 N–H and O–H groups in total. The van der Waals surface area contributed by atoms with Crippen molar-refractivity contribution in [1.29, 1.82) is 5.26 Å². The number of nitro benzene ring substituents is 1. The average molecular weight is 308 g/mol. The topological polar surface area (TPSA) is 108 Å². The number of amides is 1. The second kappa shape index (κ2) is 7.47. The minimum Gasteiger partial charge on any atom is -0.273 e. The van der Waals surface area contributed by atoms with Crippen LogP contribution in [-0.2, 0) is 11.2 Å². The second-order valence-corrected chi connectivity index (χ2v) is 4.63. The Bertz CT molecular complexity index is 774. The molecule has 0 radical (unpaired) electrons. The highest BCUT2D eigenvalue weighted by Gasteiger charge is 2.06. The van der Waals surface area contributed by atoms with Crippen molar-refractivity contribution in [3.63, 3.8) is 0 Å². The van der Waals surface area contributed by atoms with Gasteiger partial charge in [0, 0.05) is 12.1 Å². The lowest BCUT2D eigenvalue weighted by atomic mass is 10.1. The first-order valence-electron chi connectivity index (χ1n) is 6.64. The van der Waals surface area contributed by atoms with Gasteiger partial charge in [0.1, 0.15) is 0 Å². The molecular weight excluding hydrogens is 296 g/mol. The van der Waals surface area contributed by atoms with Crippen LogP contribution in [0, 0.1) is 21.4 Å². The van der Waals surface area contributed by atoms with E-state index in [1.54, 1.807) is 24.3 Å². The zero-order chi connectivity index (χ0) is 16.7. The Morgan fingerprint density at radius 3 is 2.43 bits per heavy atom. The third kappa shape index (κ3) is 4.75. The van der Waals surface area contributed by atoms with Crippen molar-refractivity contribution in [3.8, 4) is 6.07 Å². The van der Waals surface area contributed by atoms with Gasteiger partial charge in [0.15, 0.2) is 0 Å². The molecule has 0 bridgehead atoms. The van der Waals surface area contributed by atoms with Crippen molar-refractivity contribution in [2.75, 3.05) is 0 Å². The molecule has 0 heterocycles. The standard InChI is InChI=1S/C16H12N4O3/c17-10-13-1-3-14(4-2-13)11-18-19-16(21)9-12-5-7-15(8-6-12)20(22)23/h1-8,11H,9H2,(H,19,21). The van der Waals surface area contributed by atoms with E-state index in [-0.39, 0.29) is 18.0 Å². The van der Waals surface area contributed by atoms with Gasteiger partial charge >= 0.3 is 0 Å². The third-order valence-electron chi connectivity index (χ3n) is 2.95. The van der Waals surface area contributed by atoms with Crippen molar-refractivity contribution in [1.82, 2.24) is 5.43 Å². The molecule has 2 rings (SSSR count). The minimum absolute atomic E-state index is 0.0204. The Morgan fingerprint density at radius 1 is 1.22 bits per heavy atom. The van der Waals surface area contributed by atoms with Crippen molar-refractivity contribution < 1.29 is 9.72 Å². The lowest BCUT2D eigenvalue weighted by Crippen LogP contribution is -2.19. The maximum Gasteiger partial charge on any atom is 0.269 e. The van der Waals surface area contributed by atoms with E-state index >= 15 is 0 Å². The lowest BCUT2D eigenvalue weighted by Gasteiger charge is -2.00. The summed E-state index contributed by atoms with van der Waals surface area (Å²) in [6, 6.07) is 14.5. The number of nitriles is 1. The van der Waals surface area contributed by atoms with Crippen LogP contribution in [0.25, 0.3) is 0 Å². The molecule has 0 spiro atoms. The molecule has 0 aliphatic rings. The van der Waals surface area contributed by atoms with Crippen LogP contribution in [0.5, 0.6) is 0 Å². The highest BCUT2D eigenvalue weighted by molar-refractivity contribution is 5.83. The molecule has 7 nitrogen and oxygen atoms in total. The van der Waals surface area contributed by atoms with Crippen molar-refractivity contribution >= 4 is 17.8 Å². The minimum atomic E-state index is -0.494. The molecule has 1 amide bonds. The SMILES string of the molecule is N#Cc1ccc(C=NNC(=O)Cc2ccc([N+](=O)[O-])cc2)cc1. The zero-order valence-electron chi connectivity index (χ0n) is 12.0. The Hall–Kier alpha value is -3.53. The van der Waals surface area contributed by atoms with Crippen LogP contribution < -0.4 is 5.43 Å². The molecule has 0 fully saturated rings. The molecule has 0 unspecified atom stereocenters. The number of non-ortho nitro benzene ring substituents is 1. The van der Waals surface area contributed by atoms with Crippen LogP contribution in [0.1, 0.15) is 16.7 Å². The number of nitrogens with zero attached hydrogens (tertiary/aromatic N) is 3. The van der Waals surface area contributed by atoms with Crippen LogP contribution in [-0.4, -0.2) is 17.0 Å². The normalized spacial score (nSPS) is 10.2. The summed E-state index contributed by atoms with van der Waals surface area (Å²) in [6.07, 6.45) is 1.54. The van der Waals surface area contributed by atoms with E-state index in [1.807, 2.05) is 6.07 Å². The number of hydrogen-bond donors (Lipinski definition) is 1. The Balaban J connectivity index is 1.88. The van der Waals surface area contributed by atoms with Gasteiger partial charge in [0.2, 0.25) is 5.91 Å². The van der Waals surface area contributed by atoms with Gasteiger partial charge < -0.3 is 0 Å². The number of nitro groups is 1. The number of hydrazone groups is 1. The van der Waals surface area contributed by atoms with Crippen molar-refractivity contribution in [2.45, 2.75) is 6.42 Å². The van der Waals surface area contributed by atoms with E-state index in [1.165, 1.54) is 30.5 Å². The van der Waals surface area contributed by atoms with Gasteiger partial charge in [-0.15, -0.1) is 0 Å². The summed E-state index contributed by atoms with van der Waals surface area (Å²) in [6.45, 7) is 0. The summed E-state index contributed by atoms with van der Waals surface area (Å²) in [5, 5.41) is 23.1. The van der Waals surface area contributed by atoms with Crippen LogP contribution in [0.2, 0.25) is 0 Å². The Labute approximate surface area is 132 Å². The fourth-order valence-electron chi connectivity index (χ4n) is 1.78. The maximum absolute atomic E-state index is 11.7. The second-order valence-electron chi connectivity index (χ2n) is 4.63. The summed E-state index contributed by atoms with van der Waals surface area (Å²) in [7, 11) is 0. The number of carbonyl (C=O) groups is 1. The predicted octanol–water partition coefficient (Wildman–Crippen LogP) is 2.16. The molecule has 23 heavy (non-hydrogen) atoms. The molecule has 0 saturated heterocycles. The van der Waals surface area contributed by atoms with Crippen LogP contribution in [0.15, 0.2) is 53.6 Å². The van der Waals surface area contributed by atoms with Gasteiger partial charge in [-0.2, -0.15) is 10.4 Å². The molecule has 2 aromatic rings. The van der Waals surface area contributed by atoms with Crippen LogP contribution in [0.4, 0.5) is 5.69 Å². The third-order valence-corrected chi connectivity index (χ3v) is 2.95. The highest BCUT2D eigenvalue weighted by atomic mass is 16.6. The molecule has 0 atom stereocenters. The van der Waals surface area contributed by atoms with Crippen molar-refractivity contribution in [3.05, 3.63) is 75.3 Å². The summed E-state index contributed by atoms with van der Waals surface area (Å²) in [5.41, 5.74) is 4.31. The number of carbonyl (C=O) groups excluding carboxylic acids is 1. The molecular formula is C16H12N4O3. The molecule has 0 aromatic heterocycles. The van der Waals surface area contributed by atoms with Gasteiger partial charge in [-0.25, -0.2) is 5.43 Å². The van der Waals surface area contributed by atoms with Crippen LogP contribution in [0.3, 0.4) is 0 Å². The van der Waals surface area contributed by atoms with E-state index in [2.05, 4.69) is 10.5 Å². The van der Waals surface area contributed by atoms with E-state index in [0.29, 0.717) is 11.1 Å². The summed E-state index contributed by atoms with van der Waals surface area (Å²) in [5.74, 6) is -0.330.